The number of carbonyl (C=O) groups is 3. The molecule has 0 bridgehead atoms. The smallest absolute Gasteiger partial charge is 0.320 e. The molecule has 1 saturated heterocycles. The number of carbonyl (C=O) groups excluding carboxylic acids is 1. The SMILES string of the molecule is NC(CCCCNC(=O)C1CCN(CC(=O)O)CC1)C(=O)O. The molecule has 1 rings (SSSR count). The van der Waals surface area contributed by atoms with E-state index < -0.39 is 18.0 Å². The molecule has 0 aliphatic carbocycles. The Balaban J connectivity index is 2.11. The van der Waals surface area contributed by atoms with Gasteiger partial charge in [-0.05, 0) is 45.2 Å². The minimum absolute atomic E-state index is 0.00231. The lowest BCUT2D eigenvalue weighted by Gasteiger charge is -2.29. The number of nitrogens with zero attached hydrogens (tertiary/aromatic N) is 1. The minimum Gasteiger partial charge on any atom is -0.480 e. The van der Waals surface area contributed by atoms with Crippen molar-refractivity contribution in [2.45, 2.75) is 38.1 Å². The van der Waals surface area contributed by atoms with E-state index >= 15 is 0 Å². The van der Waals surface area contributed by atoms with Gasteiger partial charge in [0.25, 0.3) is 0 Å². The van der Waals surface area contributed by atoms with Gasteiger partial charge in [-0.2, -0.15) is 0 Å². The standard InChI is InChI=1S/C14H25N3O5/c15-11(14(21)22)3-1-2-6-16-13(20)10-4-7-17(8-5-10)9-12(18)19/h10-11H,1-9,15H2,(H,16,20)(H,18,19)(H,21,22). The van der Waals surface area contributed by atoms with Gasteiger partial charge in [0.15, 0.2) is 0 Å². The van der Waals surface area contributed by atoms with Crippen LogP contribution in [0.5, 0.6) is 0 Å². The summed E-state index contributed by atoms with van der Waals surface area (Å²) < 4.78 is 0. The average Bonchev–Trinajstić information content (AvgIpc) is 2.46. The fourth-order valence-corrected chi connectivity index (χ4v) is 2.51. The molecule has 0 aromatic carbocycles. The molecule has 1 aliphatic heterocycles. The fourth-order valence-electron chi connectivity index (χ4n) is 2.51. The van der Waals surface area contributed by atoms with E-state index in [1.54, 1.807) is 0 Å². The molecule has 1 heterocycles. The molecule has 1 fully saturated rings. The molecule has 0 saturated carbocycles. The Hall–Kier alpha value is -1.67. The maximum absolute atomic E-state index is 12.0. The van der Waals surface area contributed by atoms with Crippen LogP contribution in [0.2, 0.25) is 0 Å². The molecule has 126 valence electrons. The number of piperidine rings is 1. The van der Waals surface area contributed by atoms with Crippen LogP contribution in [0.1, 0.15) is 32.1 Å². The summed E-state index contributed by atoms with van der Waals surface area (Å²) in [7, 11) is 0. The molecular weight excluding hydrogens is 290 g/mol. The zero-order valence-corrected chi connectivity index (χ0v) is 12.7. The van der Waals surface area contributed by atoms with Crippen LogP contribution in [0.15, 0.2) is 0 Å². The van der Waals surface area contributed by atoms with Gasteiger partial charge in [-0.15, -0.1) is 0 Å². The Morgan fingerprint density at radius 2 is 1.82 bits per heavy atom. The topological polar surface area (TPSA) is 133 Å². The molecule has 1 aliphatic rings. The lowest BCUT2D eigenvalue weighted by Crippen LogP contribution is -2.42. The summed E-state index contributed by atoms with van der Waals surface area (Å²) in [5, 5.41) is 20.2. The van der Waals surface area contributed by atoms with Crippen molar-refractivity contribution in [3.05, 3.63) is 0 Å². The Morgan fingerprint density at radius 3 is 2.36 bits per heavy atom. The van der Waals surface area contributed by atoms with Gasteiger partial charge in [0.1, 0.15) is 6.04 Å². The van der Waals surface area contributed by atoms with Gasteiger partial charge in [0, 0.05) is 12.5 Å². The first-order chi connectivity index (χ1) is 10.4. The molecule has 1 unspecified atom stereocenters. The number of hydrogen-bond donors (Lipinski definition) is 4. The maximum Gasteiger partial charge on any atom is 0.320 e. The third-order valence-electron chi connectivity index (χ3n) is 3.88. The highest BCUT2D eigenvalue weighted by atomic mass is 16.4. The number of likely N-dealkylation sites (tertiary alicyclic amines) is 1. The Bertz CT molecular complexity index is 394. The third kappa shape index (κ3) is 6.86. The lowest BCUT2D eigenvalue weighted by molar-refractivity contribution is -0.139. The van der Waals surface area contributed by atoms with Crippen molar-refractivity contribution in [1.82, 2.24) is 10.2 Å². The number of amides is 1. The van der Waals surface area contributed by atoms with E-state index in [0.29, 0.717) is 51.7 Å². The van der Waals surface area contributed by atoms with Gasteiger partial charge in [-0.3, -0.25) is 19.3 Å². The van der Waals surface area contributed by atoms with Crippen molar-refractivity contribution in [3.8, 4) is 0 Å². The zero-order valence-electron chi connectivity index (χ0n) is 12.7. The molecule has 1 atom stereocenters. The van der Waals surface area contributed by atoms with Crippen molar-refractivity contribution in [2.75, 3.05) is 26.2 Å². The first-order valence-electron chi connectivity index (χ1n) is 7.60. The van der Waals surface area contributed by atoms with Crippen LogP contribution in [0, 0.1) is 5.92 Å². The summed E-state index contributed by atoms with van der Waals surface area (Å²) in [6.45, 7) is 1.79. The highest BCUT2D eigenvalue weighted by Crippen LogP contribution is 2.17. The van der Waals surface area contributed by atoms with Crippen LogP contribution in [-0.2, 0) is 14.4 Å². The van der Waals surface area contributed by atoms with Crippen molar-refractivity contribution in [3.63, 3.8) is 0 Å². The van der Waals surface area contributed by atoms with Crippen molar-refractivity contribution >= 4 is 17.8 Å². The molecule has 1 amide bonds. The van der Waals surface area contributed by atoms with Crippen molar-refractivity contribution in [2.24, 2.45) is 11.7 Å². The van der Waals surface area contributed by atoms with Crippen LogP contribution in [0.3, 0.4) is 0 Å². The van der Waals surface area contributed by atoms with Crippen LogP contribution in [0.25, 0.3) is 0 Å². The van der Waals surface area contributed by atoms with Gasteiger partial charge in [0.05, 0.1) is 6.54 Å². The summed E-state index contributed by atoms with van der Waals surface area (Å²) in [5.74, 6) is -1.91. The van der Waals surface area contributed by atoms with Gasteiger partial charge >= 0.3 is 11.9 Å². The average molecular weight is 315 g/mol. The van der Waals surface area contributed by atoms with Crippen LogP contribution in [-0.4, -0.2) is 65.2 Å². The second-order valence-electron chi connectivity index (χ2n) is 5.68. The van der Waals surface area contributed by atoms with Gasteiger partial charge in [-0.1, -0.05) is 0 Å². The summed E-state index contributed by atoms with van der Waals surface area (Å²) in [4.78, 5) is 34.9. The van der Waals surface area contributed by atoms with Crippen molar-refractivity contribution in [1.29, 1.82) is 0 Å². The molecule has 5 N–H and O–H groups in total. The fraction of sp³-hybridized carbons (Fsp3) is 0.786. The summed E-state index contributed by atoms with van der Waals surface area (Å²) in [6, 6.07) is -0.839. The van der Waals surface area contributed by atoms with Gasteiger partial charge in [-0.25, -0.2) is 0 Å². The molecule has 0 radical (unpaired) electrons. The van der Waals surface area contributed by atoms with E-state index in [4.69, 9.17) is 15.9 Å². The quantitative estimate of drug-likeness (QED) is 0.421. The first kappa shape index (κ1) is 18.4. The van der Waals surface area contributed by atoms with Crippen LogP contribution in [0.4, 0.5) is 0 Å². The second-order valence-corrected chi connectivity index (χ2v) is 5.68. The number of unbranched alkanes of at least 4 members (excludes halogenated alkanes) is 1. The van der Waals surface area contributed by atoms with E-state index in [1.165, 1.54) is 0 Å². The van der Waals surface area contributed by atoms with E-state index in [1.807, 2.05) is 4.90 Å². The molecule has 8 nitrogen and oxygen atoms in total. The molecular formula is C14H25N3O5. The number of carboxylic acids is 2. The number of rotatable bonds is 9. The summed E-state index contributed by atoms with van der Waals surface area (Å²) >= 11 is 0. The summed E-state index contributed by atoms with van der Waals surface area (Å²) in [6.07, 6.45) is 3.10. The van der Waals surface area contributed by atoms with Gasteiger partial charge < -0.3 is 21.3 Å². The Morgan fingerprint density at radius 1 is 1.18 bits per heavy atom. The van der Waals surface area contributed by atoms with Crippen LogP contribution < -0.4 is 11.1 Å². The van der Waals surface area contributed by atoms with E-state index in [0.717, 1.165) is 0 Å². The molecule has 22 heavy (non-hydrogen) atoms. The number of aliphatic carboxylic acids is 2. The van der Waals surface area contributed by atoms with Crippen LogP contribution >= 0.6 is 0 Å². The highest BCUT2D eigenvalue weighted by Gasteiger charge is 2.25. The predicted molar refractivity (Wildman–Crippen MR) is 79.3 cm³/mol. The number of carboxylic acid groups (broad SMARTS) is 2. The van der Waals surface area contributed by atoms with Gasteiger partial charge in [0.2, 0.25) is 5.91 Å². The minimum atomic E-state index is -1.00. The van der Waals surface area contributed by atoms with E-state index in [9.17, 15) is 14.4 Å². The monoisotopic (exact) mass is 315 g/mol. The maximum atomic E-state index is 12.0. The molecule has 0 spiro atoms. The molecule has 0 aromatic heterocycles. The normalized spacial score (nSPS) is 17.9. The largest absolute Gasteiger partial charge is 0.480 e. The molecule has 8 heteroatoms. The lowest BCUT2D eigenvalue weighted by atomic mass is 9.96. The van der Waals surface area contributed by atoms with E-state index in [2.05, 4.69) is 5.32 Å². The molecule has 0 aromatic rings. The number of hydrogen-bond acceptors (Lipinski definition) is 5. The first-order valence-corrected chi connectivity index (χ1v) is 7.60. The zero-order chi connectivity index (χ0) is 16.5. The van der Waals surface area contributed by atoms with Crippen molar-refractivity contribution < 1.29 is 24.6 Å². The Kier molecular flexibility index (Phi) is 7.83. The summed E-state index contributed by atoms with van der Waals surface area (Å²) in [5.41, 5.74) is 5.39. The highest BCUT2D eigenvalue weighted by molar-refractivity contribution is 5.78. The second kappa shape index (κ2) is 9.37. The Labute approximate surface area is 129 Å². The van der Waals surface area contributed by atoms with E-state index in [-0.39, 0.29) is 18.4 Å². The number of nitrogens with one attached hydrogen (secondary N) is 1. The predicted octanol–water partition coefficient (Wildman–Crippen LogP) is -0.519. The third-order valence-corrected chi connectivity index (χ3v) is 3.88. The number of nitrogens with two attached hydrogens (primary N) is 1.